The summed E-state index contributed by atoms with van der Waals surface area (Å²) < 4.78 is 27.9. The molecule has 1 aromatic heterocycles. The summed E-state index contributed by atoms with van der Waals surface area (Å²) in [4.78, 5) is 15.4. The van der Waals surface area contributed by atoms with Gasteiger partial charge in [0.25, 0.3) is 10.0 Å². The Morgan fingerprint density at radius 1 is 1.00 bits per heavy atom. The summed E-state index contributed by atoms with van der Waals surface area (Å²) >= 11 is 0. The number of nitrogens with zero attached hydrogens (tertiary/aromatic N) is 2. The van der Waals surface area contributed by atoms with E-state index in [0.29, 0.717) is 11.4 Å². The van der Waals surface area contributed by atoms with Crippen LogP contribution in [0.5, 0.6) is 0 Å². The fraction of sp³-hybridized carbons (Fsp3) is 0.100. The highest BCUT2D eigenvalue weighted by Gasteiger charge is 2.25. The highest BCUT2D eigenvalue weighted by atomic mass is 32.2. The largest absolute Gasteiger partial charge is 0.326 e. The summed E-state index contributed by atoms with van der Waals surface area (Å²) in [6.45, 7) is 1.56. The van der Waals surface area contributed by atoms with Gasteiger partial charge in [-0.25, -0.2) is 8.42 Å². The smallest absolute Gasteiger partial charge is 0.264 e. The number of para-hydroxylation sites is 1. The first-order valence-electron chi connectivity index (χ1n) is 8.31. The van der Waals surface area contributed by atoms with Crippen molar-refractivity contribution >= 4 is 27.3 Å². The number of carbonyl (C=O) groups excluding carboxylic acids is 1. The SMILES string of the molecule is CC(=O)Nc1ccc(S(=O)(=O)N(Cc2cccnc2)c2ccccc2)cc1. The number of benzene rings is 2. The van der Waals surface area contributed by atoms with Crippen LogP contribution in [0.2, 0.25) is 0 Å². The van der Waals surface area contributed by atoms with E-state index in [4.69, 9.17) is 0 Å². The van der Waals surface area contributed by atoms with Gasteiger partial charge in [0.05, 0.1) is 17.1 Å². The molecule has 0 bridgehead atoms. The molecule has 0 atom stereocenters. The number of anilines is 2. The van der Waals surface area contributed by atoms with Crippen molar-refractivity contribution in [2.24, 2.45) is 0 Å². The molecule has 0 aliphatic rings. The first kappa shape index (κ1) is 18.6. The minimum absolute atomic E-state index is 0.143. The van der Waals surface area contributed by atoms with E-state index in [1.807, 2.05) is 12.1 Å². The monoisotopic (exact) mass is 381 g/mol. The van der Waals surface area contributed by atoms with E-state index < -0.39 is 10.0 Å². The Morgan fingerprint density at radius 3 is 2.30 bits per heavy atom. The fourth-order valence-electron chi connectivity index (χ4n) is 2.61. The number of rotatable bonds is 6. The number of pyridine rings is 1. The van der Waals surface area contributed by atoms with Gasteiger partial charge in [-0.15, -0.1) is 0 Å². The Labute approximate surface area is 158 Å². The quantitative estimate of drug-likeness (QED) is 0.709. The average Bonchev–Trinajstić information content (AvgIpc) is 2.67. The standard InChI is InChI=1S/C20H19N3O3S/c1-16(24)22-18-9-11-20(12-10-18)27(25,26)23(19-7-3-2-4-8-19)15-17-6-5-13-21-14-17/h2-14H,15H2,1H3,(H,22,24). The fourth-order valence-corrected chi connectivity index (χ4v) is 4.06. The predicted molar refractivity (Wildman–Crippen MR) is 105 cm³/mol. The lowest BCUT2D eigenvalue weighted by atomic mass is 10.2. The van der Waals surface area contributed by atoms with Gasteiger partial charge in [0.1, 0.15) is 0 Å². The second-order valence-electron chi connectivity index (χ2n) is 5.91. The second-order valence-corrected chi connectivity index (χ2v) is 7.78. The molecule has 138 valence electrons. The topological polar surface area (TPSA) is 79.4 Å². The lowest BCUT2D eigenvalue weighted by Gasteiger charge is -2.24. The minimum Gasteiger partial charge on any atom is -0.326 e. The molecule has 1 amide bonds. The third kappa shape index (κ3) is 4.51. The second kappa shape index (κ2) is 8.01. The van der Waals surface area contributed by atoms with E-state index in [1.54, 1.807) is 54.9 Å². The van der Waals surface area contributed by atoms with Crippen LogP contribution in [-0.4, -0.2) is 19.3 Å². The zero-order chi connectivity index (χ0) is 19.3. The van der Waals surface area contributed by atoms with Crippen LogP contribution in [0.15, 0.2) is 84.0 Å². The molecule has 7 heteroatoms. The Morgan fingerprint density at radius 2 is 1.70 bits per heavy atom. The van der Waals surface area contributed by atoms with E-state index in [9.17, 15) is 13.2 Å². The molecule has 0 aliphatic carbocycles. The summed E-state index contributed by atoms with van der Waals surface area (Å²) in [5.74, 6) is -0.215. The summed E-state index contributed by atoms with van der Waals surface area (Å²) in [7, 11) is -3.80. The zero-order valence-electron chi connectivity index (χ0n) is 14.7. The van der Waals surface area contributed by atoms with Crippen LogP contribution in [0.25, 0.3) is 0 Å². The molecule has 0 unspecified atom stereocenters. The molecule has 0 aliphatic heterocycles. The number of amides is 1. The van der Waals surface area contributed by atoms with Crippen LogP contribution >= 0.6 is 0 Å². The molecule has 1 heterocycles. The highest BCUT2D eigenvalue weighted by Crippen LogP contribution is 2.26. The molecule has 2 aromatic carbocycles. The molecule has 3 rings (SSSR count). The Balaban J connectivity index is 1.98. The van der Waals surface area contributed by atoms with Crippen LogP contribution < -0.4 is 9.62 Å². The van der Waals surface area contributed by atoms with Gasteiger partial charge in [0, 0.05) is 25.0 Å². The summed E-state index contributed by atoms with van der Waals surface area (Å²) in [5, 5.41) is 2.63. The maximum Gasteiger partial charge on any atom is 0.264 e. The van der Waals surface area contributed by atoms with Crippen molar-refractivity contribution in [1.82, 2.24) is 4.98 Å². The molecular weight excluding hydrogens is 362 g/mol. The Hall–Kier alpha value is -3.19. The van der Waals surface area contributed by atoms with Crippen LogP contribution in [0.4, 0.5) is 11.4 Å². The van der Waals surface area contributed by atoms with Gasteiger partial charge in [-0.2, -0.15) is 0 Å². The number of hydrogen-bond donors (Lipinski definition) is 1. The Kier molecular flexibility index (Phi) is 5.52. The molecule has 0 saturated heterocycles. The third-order valence-electron chi connectivity index (χ3n) is 3.86. The van der Waals surface area contributed by atoms with Gasteiger partial charge in [-0.1, -0.05) is 24.3 Å². The molecule has 1 N–H and O–H groups in total. The number of nitrogens with one attached hydrogen (secondary N) is 1. The van der Waals surface area contributed by atoms with Crippen molar-refractivity contribution in [3.63, 3.8) is 0 Å². The minimum atomic E-state index is -3.80. The van der Waals surface area contributed by atoms with Crippen molar-refractivity contribution in [2.45, 2.75) is 18.4 Å². The maximum atomic E-state index is 13.3. The van der Waals surface area contributed by atoms with Gasteiger partial charge >= 0.3 is 0 Å². The van der Waals surface area contributed by atoms with E-state index in [-0.39, 0.29) is 17.3 Å². The normalized spacial score (nSPS) is 11.0. The van der Waals surface area contributed by atoms with Crippen molar-refractivity contribution in [3.8, 4) is 0 Å². The molecule has 0 spiro atoms. The molecule has 0 radical (unpaired) electrons. The van der Waals surface area contributed by atoms with E-state index in [1.165, 1.54) is 23.4 Å². The van der Waals surface area contributed by atoms with Crippen molar-refractivity contribution in [1.29, 1.82) is 0 Å². The van der Waals surface area contributed by atoms with Gasteiger partial charge in [-0.05, 0) is 48.0 Å². The number of hydrogen-bond acceptors (Lipinski definition) is 4. The van der Waals surface area contributed by atoms with E-state index >= 15 is 0 Å². The van der Waals surface area contributed by atoms with Crippen LogP contribution in [-0.2, 0) is 21.4 Å². The third-order valence-corrected chi connectivity index (χ3v) is 5.64. The summed E-state index contributed by atoms with van der Waals surface area (Å²) in [5.41, 5.74) is 1.88. The van der Waals surface area contributed by atoms with Crippen molar-refractivity contribution in [2.75, 3.05) is 9.62 Å². The van der Waals surface area contributed by atoms with Crippen LogP contribution in [0.1, 0.15) is 12.5 Å². The summed E-state index contributed by atoms with van der Waals surface area (Å²) in [6, 6.07) is 18.6. The molecule has 0 saturated carbocycles. The first-order chi connectivity index (χ1) is 13.0. The predicted octanol–water partition coefficient (Wildman–Crippen LogP) is 3.44. The zero-order valence-corrected chi connectivity index (χ0v) is 15.6. The molecule has 0 fully saturated rings. The van der Waals surface area contributed by atoms with Gasteiger partial charge in [0.2, 0.25) is 5.91 Å². The van der Waals surface area contributed by atoms with E-state index in [2.05, 4.69) is 10.3 Å². The lowest BCUT2D eigenvalue weighted by Crippen LogP contribution is -2.30. The maximum absolute atomic E-state index is 13.3. The molecule has 27 heavy (non-hydrogen) atoms. The number of sulfonamides is 1. The molecule has 6 nitrogen and oxygen atoms in total. The van der Waals surface area contributed by atoms with E-state index in [0.717, 1.165) is 5.56 Å². The number of aromatic nitrogens is 1. The van der Waals surface area contributed by atoms with Gasteiger partial charge < -0.3 is 5.32 Å². The van der Waals surface area contributed by atoms with Gasteiger partial charge in [0.15, 0.2) is 0 Å². The van der Waals surface area contributed by atoms with Crippen LogP contribution in [0, 0.1) is 0 Å². The number of carbonyl (C=O) groups is 1. The summed E-state index contributed by atoms with van der Waals surface area (Å²) in [6.07, 6.45) is 3.29. The van der Waals surface area contributed by atoms with Crippen LogP contribution in [0.3, 0.4) is 0 Å². The van der Waals surface area contributed by atoms with Gasteiger partial charge in [-0.3, -0.25) is 14.1 Å². The first-order valence-corrected chi connectivity index (χ1v) is 9.75. The molecular formula is C20H19N3O3S. The lowest BCUT2D eigenvalue weighted by molar-refractivity contribution is -0.114. The Bertz CT molecular complexity index is 1010. The van der Waals surface area contributed by atoms with Crippen molar-refractivity contribution in [3.05, 3.63) is 84.7 Å². The molecule has 3 aromatic rings. The highest BCUT2D eigenvalue weighted by molar-refractivity contribution is 7.92. The average molecular weight is 381 g/mol. The van der Waals surface area contributed by atoms with Crippen molar-refractivity contribution < 1.29 is 13.2 Å².